The van der Waals surface area contributed by atoms with Gasteiger partial charge < -0.3 is 10.2 Å². The highest BCUT2D eigenvalue weighted by Gasteiger charge is 2.27. The number of hydrogen-bond acceptors (Lipinski definition) is 2. The molecular weight excluding hydrogens is 360 g/mol. The minimum absolute atomic E-state index is 0.0131. The van der Waals surface area contributed by atoms with Crippen LogP contribution in [0.15, 0.2) is 60.7 Å². The lowest BCUT2D eigenvalue weighted by atomic mass is 10.0. The molecule has 0 aromatic heterocycles. The van der Waals surface area contributed by atoms with Gasteiger partial charge in [-0.1, -0.05) is 54.1 Å². The maximum absolute atomic E-state index is 12.9. The number of nitrogens with zero attached hydrogens (tertiary/aromatic N) is 1. The van der Waals surface area contributed by atoms with Gasteiger partial charge in [-0.25, -0.2) is 0 Å². The second kappa shape index (κ2) is 9.38. The predicted octanol–water partition coefficient (Wildman–Crippen LogP) is 3.70. The fraction of sp³-hybridized carbons (Fsp3) is 0.273. The van der Waals surface area contributed by atoms with Crippen molar-refractivity contribution >= 4 is 29.5 Å². The van der Waals surface area contributed by atoms with Crippen LogP contribution in [0.4, 0.5) is 0 Å². The normalized spacial score (nSPS) is 15.1. The van der Waals surface area contributed by atoms with Crippen LogP contribution < -0.4 is 5.32 Å². The van der Waals surface area contributed by atoms with E-state index in [0.29, 0.717) is 11.4 Å². The van der Waals surface area contributed by atoms with Gasteiger partial charge in [-0.2, -0.15) is 0 Å². The molecule has 140 valence electrons. The minimum Gasteiger partial charge on any atom is -0.341 e. The van der Waals surface area contributed by atoms with Crippen LogP contribution in [0.3, 0.4) is 0 Å². The van der Waals surface area contributed by atoms with Gasteiger partial charge in [0.1, 0.15) is 6.04 Å². The van der Waals surface area contributed by atoms with Crippen molar-refractivity contribution < 1.29 is 9.59 Å². The van der Waals surface area contributed by atoms with E-state index in [1.165, 1.54) is 6.08 Å². The average Bonchev–Trinajstić information content (AvgIpc) is 3.21. The molecule has 1 N–H and O–H groups in total. The molecule has 27 heavy (non-hydrogen) atoms. The maximum Gasteiger partial charge on any atom is 0.245 e. The number of amides is 2. The van der Waals surface area contributed by atoms with Crippen LogP contribution in [0.2, 0.25) is 5.02 Å². The first-order valence-electron chi connectivity index (χ1n) is 9.19. The smallest absolute Gasteiger partial charge is 0.245 e. The number of rotatable bonds is 6. The first-order chi connectivity index (χ1) is 13.1. The highest BCUT2D eigenvalue weighted by atomic mass is 35.5. The second-order valence-corrected chi connectivity index (χ2v) is 7.11. The van der Waals surface area contributed by atoms with Crippen LogP contribution in [0, 0.1) is 0 Å². The Kier molecular flexibility index (Phi) is 6.66. The van der Waals surface area contributed by atoms with E-state index < -0.39 is 6.04 Å². The molecule has 2 aromatic rings. The van der Waals surface area contributed by atoms with E-state index >= 15 is 0 Å². The third-order valence-corrected chi connectivity index (χ3v) is 4.83. The standard InChI is InChI=1S/C22H23ClN2O2/c23-19-10-6-9-18(15-19)11-12-21(26)24-20(16-17-7-2-1-3-8-17)22(27)25-13-4-5-14-25/h1-3,6-12,15,20H,4-5,13-14,16H2,(H,24,26)/b12-11+. The summed E-state index contributed by atoms with van der Waals surface area (Å²) in [5.74, 6) is -0.302. The molecule has 1 heterocycles. The lowest BCUT2D eigenvalue weighted by Gasteiger charge is -2.23. The molecule has 0 radical (unpaired) electrons. The molecule has 1 atom stereocenters. The van der Waals surface area contributed by atoms with Gasteiger partial charge in [0.15, 0.2) is 0 Å². The van der Waals surface area contributed by atoms with E-state index in [1.54, 1.807) is 18.2 Å². The number of nitrogens with one attached hydrogen (secondary N) is 1. The van der Waals surface area contributed by atoms with Crippen molar-refractivity contribution in [3.8, 4) is 0 Å². The molecule has 1 unspecified atom stereocenters. The van der Waals surface area contributed by atoms with Gasteiger partial charge in [-0.05, 0) is 42.2 Å². The van der Waals surface area contributed by atoms with Gasteiger partial charge in [-0.3, -0.25) is 9.59 Å². The summed E-state index contributed by atoms with van der Waals surface area (Å²) in [4.78, 5) is 27.1. The first kappa shape index (κ1) is 19.2. The topological polar surface area (TPSA) is 49.4 Å². The Morgan fingerprint density at radius 1 is 1.07 bits per heavy atom. The zero-order valence-corrected chi connectivity index (χ0v) is 15.9. The van der Waals surface area contributed by atoms with Gasteiger partial charge in [0.05, 0.1) is 0 Å². The zero-order valence-electron chi connectivity index (χ0n) is 15.1. The van der Waals surface area contributed by atoms with E-state index in [9.17, 15) is 9.59 Å². The molecule has 0 bridgehead atoms. The van der Waals surface area contributed by atoms with Crippen molar-refractivity contribution in [2.24, 2.45) is 0 Å². The largest absolute Gasteiger partial charge is 0.341 e. The van der Waals surface area contributed by atoms with Crippen molar-refractivity contribution in [3.05, 3.63) is 76.8 Å². The Labute approximate surface area is 164 Å². The van der Waals surface area contributed by atoms with Crippen LogP contribution >= 0.6 is 11.6 Å². The molecule has 1 saturated heterocycles. The van der Waals surface area contributed by atoms with Gasteiger partial charge in [-0.15, -0.1) is 0 Å². The number of benzene rings is 2. The number of hydrogen-bond donors (Lipinski definition) is 1. The predicted molar refractivity (Wildman–Crippen MR) is 108 cm³/mol. The van der Waals surface area contributed by atoms with Crippen LogP contribution in [-0.4, -0.2) is 35.8 Å². The van der Waals surface area contributed by atoms with Crippen molar-refractivity contribution in [2.45, 2.75) is 25.3 Å². The molecule has 4 nitrogen and oxygen atoms in total. The third kappa shape index (κ3) is 5.69. The van der Waals surface area contributed by atoms with Crippen molar-refractivity contribution in [2.75, 3.05) is 13.1 Å². The van der Waals surface area contributed by atoms with Crippen LogP contribution in [0.5, 0.6) is 0 Å². The van der Waals surface area contributed by atoms with Gasteiger partial charge >= 0.3 is 0 Å². The van der Waals surface area contributed by atoms with Crippen LogP contribution in [0.1, 0.15) is 24.0 Å². The summed E-state index contributed by atoms with van der Waals surface area (Å²) < 4.78 is 0. The average molecular weight is 383 g/mol. The first-order valence-corrected chi connectivity index (χ1v) is 9.56. The molecule has 5 heteroatoms. The minimum atomic E-state index is -0.568. The summed E-state index contributed by atoms with van der Waals surface area (Å²) in [5, 5.41) is 3.49. The molecule has 1 aliphatic heterocycles. The Morgan fingerprint density at radius 3 is 2.52 bits per heavy atom. The Bertz CT molecular complexity index is 814. The molecular formula is C22H23ClN2O2. The van der Waals surface area contributed by atoms with E-state index in [2.05, 4.69) is 5.32 Å². The van der Waals surface area contributed by atoms with Gasteiger partial charge in [0.2, 0.25) is 11.8 Å². The summed E-state index contributed by atoms with van der Waals surface area (Å²) >= 11 is 5.96. The summed E-state index contributed by atoms with van der Waals surface area (Å²) in [6.45, 7) is 1.52. The third-order valence-electron chi connectivity index (χ3n) is 4.59. The fourth-order valence-corrected chi connectivity index (χ4v) is 3.41. The lowest BCUT2D eigenvalue weighted by molar-refractivity contribution is -0.134. The number of carbonyl (C=O) groups is 2. The van der Waals surface area contributed by atoms with E-state index in [0.717, 1.165) is 37.1 Å². The molecule has 0 aliphatic carbocycles. The molecule has 2 aromatic carbocycles. The molecule has 1 aliphatic rings. The molecule has 0 spiro atoms. The van der Waals surface area contributed by atoms with Crippen LogP contribution in [0.25, 0.3) is 6.08 Å². The maximum atomic E-state index is 12.9. The molecule has 2 amide bonds. The van der Waals surface area contributed by atoms with E-state index in [-0.39, 0.29) is 11.8 Å². The summed E-state index contributed by atoms with van der Waals surface area (Å²) in [5.41, 5.74) is 1.86. The SMILES string of the molecule is O=C(/C=C/c1cccc(Cl)c1)NC(Cc1ccccc1)C(=O)N1CCCC1. The van der Waals surface area contributed by atoms with Crippen molar-refractivity contribution in [1.82, 2.24) is 10.2 Å². The Balaban J connectivity index is 1.69. The molecule has 3 rings (SSSR count). The second-order valence-electron chi connectivity index (χ2n) is 6.67. The Hall–Kier alpha value is -2.59. The van der Waals surface area contributed by atoms with Gasteiger partial charge in [0.25, 0.3) is 0 Å². The number of halogens is 1. The molecule has 1 fully saturated rings. The van der Waals surface area contributed by atoms with Crippen molar-refractivity contribution in [1.29, 1.82) is 0 Å². The van der Waals surface area contributed by atoms with E-state index in [4.69, 9.17) is 11.6 Å². The number of likely N-dealkylation sites (tertiary alicyclic amines) is 1. The van der Waals surface area contributed by atoms with Crippen molar-refractivity contribution in [3.63, 3.8) is 0 Å². The quantitative estimate of drug-likeness (QED) is 0.774. The van der Waals surface area contributed by atoms with Crippen LogP contribution in [-0.2, 0) is 16.0 Å². The Morgan fingerprint density at radius 2 is 1.81 bits per heavy atom. The summed E-state index contributed by atoms with van der Waals surface area (Å²) in [6, 6.07) is 16.4. The number of carbonyl (C=O) groups excluding carboxylic acids is 2. The highest BCUT2D eigenvalue weighted by Crippen LogP contribution is 2.13. The highest BCUT2D eigenvalue weighted by molar-refractivity contribution is 6.30. The monoisotopic (exact) mass is 382 g/mol. The summed E-state index contributed by atoms with van der Waals surface area (Å²) in [6.07, 6.45) is 5.66. The lowest BCUT2D eigenvalue weighted by Crippen LogP contribution is -2.48. The summed E-state index contributed by atoms with van der Waals surface area (Å²) in [7, 11) is 0. The van der Waals surface area contributed by atoms with E-state index in [1.807, 2.05) is 47.4 Å². The van der Waals surface area contributed by atoms with Gasteiger partial charge in [0, 0.05) is 30.6 Å². The zero-order chi connectivity index (χ0) is 19.1. The molecule has 0 saturated carbocycles. The fourth-order valence-electron chi connectivity index (χ4n) is 3.21.